The Hall–Kier alpha value is -1.22. The van der Waals surface area contributed by atoms with Gasteiger partial charge in [-0.2, -0.15) is 0 Å². The Kier molecular flexibility index (Phi) is 3.14. The second kappa shape index (κ2) is 4.14. The maximum absolute atomic E-state index is 8.52. The molecule has 0 atom stereocenters. The Labute approximate surface area is 81.6 Å². The number of hydrogen-bond acceptors (Lipinski definition) is 3. The molecule has 1 aromatic rings. The number of hydrogen-bond donors (Lipinski definition) is 1. The molecule has 4 heteroatoms. The average molecular weight is 200 g/mol. The van der Waals surface area contributed by atoms with Crippen LogP contribution in [-0.4, -0.2) is 18.0 Å². The van der Waals surface area contributed by atoms with Crippen LogP contribution in [-0.2, 0) is 0 Å². The van der Waals surface area contributed by atoms with E-state index in [4.69, 9.17) is 21.5 Å². The Morgan fingerprint density at radius 1 is 1.54 bits per heavy atom. The van der Waals surface area contributed by atoms with E-state index in [1.807, 2.05) is 0 Å². The molecule has 0 aliphatic rings. The van der Waals surface area contributed by atoms with Crippen molar-refractivity contribution in [1.82, 2.24) is 0 Å². The van der Waals surface area contributed by atoms with Crippen LogP contribution in [0.2, 0.25) is 5.02 Å². The van der Waals surface area contributed by atoms with Crippen molar-refractivity contribution in [3.05, 3.63) is 28.8 Å². The fourth-order valence-electron chi connectivity index (χ4n) is 0.949. The highest BCUT2D eigenvalue weighted by Gasteiger charge is 2.03. The lowest BCUT2D eigenvalue weighted by atomic mass is 10.1. The Morgan fingerprint density at radius 2 is 2.23 bits per heavy atom. The number of nitrogens with zero attached hydrogens (tertiary/aromatic N) is 1. The molecule has 1 N–H and O–H groups in total. The van der Waals surface area contributed by atoms with Crippen molar-refractivity contribution in [3.63, 3.8) is 0 Å². The third-order valence-electron chi connectivity index (χ3n) is 1.72. The first kappa shape index (κ1) is 9.86. The summed E-state index contributed by atoms with van der Waals surface area (Å²) in [7, 11) is 1.55. The summed E-state index contributed by atoms with van der Waals surface area (Å²) in [5.74, 6) is 0.608. The molecule has 0 aromatic heterocycles. The van der Waals surface area contributed by atoms with Gasteiger partial charge in [-0.15, -0.1) is 0 Å². The molecule has 0 spiro atoms. The summed E-state index contributed by atoms with van der Waals surface area (Å²) in [5.41, 5.74) is 1.29. The van der Waals surface area contributed by atoms with E-state index in [2.05, 4.69) is 5.16 Å². The first-order chi connectivity index (χ1) is 6.19. The number of methoxy groups -OCH3 is 1. The van der Waals surface area contributed by atoms with E-state index >= 15 is 0 Å². The fourth-order valence-corrected chi connectivity index (χ4v) is 1.21. The SMILES string of the molecule is COc1ccc(/C(C)=N/O)cc1Cl. The van der Waals surface area contributed by atoms with Gasteiger partial charge in [-0.25, -0.2) is 0 Å². The van der Waals surface area contributed by atoms with Crippen molar-refractivity contribution >= 4 is 17.3 Å². The third kappa shape index (κ3) is 2.12. The van der Waals surface area contributed by atoms with Crippen LogP contribution in [0.3, 0.4) is 0 Å². The zero-order chi connectivity index (χ0) is 9.84. The number of rotatable bonds is 2. The molecule has 0 saturated carbocycles. The van der Waals surface area contributed by atoms with Gasteiger partial charge in [0.05, 0.1) is 17.8 Å². The molecule has 1 rings (SSSR count). The van der Waals surface area contributed by atoms with Crippen molar-refractivity contribution in [3.8, 4) is 5.75 Å². The fraction of sp³-hybridized carbons (Fsp3) is 0.222. The summed E-state index contributed by atoms with van der Waals surface area (Å²) < 4.78 is 4.98. The number of oxime groups is 1. The van der Waals surface area contributed by atoms with Gasteiger partial charge in [-0.1, -0.05) is 16.8 Å². The zero-order valence-electron chi connectivity index (χ0n) is 7.41. The second-order valence-electron chi connectivity index (χ2n) is 2.53. The van der Waals surface area contributed by atoms with Gasteiger partial charge in [0, 0.05) is 5.56 Å². The maximum atomic E-state index is 8.52. The van der Waals surface area contributed by atoms with Crippen LogP contribution in [0.25, 0.3) is 0 Å². The van der Waals surface area contributed by atoms with E-state index in [1.54, 1.807) is 32.2 Å². The summed E-state index contributed by atoms with van der Waals surface area (Å²) in [6, 6.07) is 5.20. The number of ether oxygens (including phenoxy) is 1. The van der Waals surface area contributed by atoms with Gasteiger partial charge in [0.2, 0.25) is 0 Å². The molecule has 3 nitrogen and oxygen atoms in total. The first-order valence-corrected chi connectivity index (χ1v) is 4.09. The highest BCUT2D eigenvalue weighted by molar-refractivity contribution is 6.32. The van der Waals surface area contributed by atoms with Crippen molar-refractivity contribution in [2.75, 3.05) is 7.11 Å². The van der Waals surface area contributed by atoms with Gasteiger partial charge < -0.3 is 9.94 Å². The molecule has 70 valence electrons. The highest BCUT2D eigenvalue weighted by atomic mass is 35.5. The van der Waals surface area contributed by atoms with Gasteiger partial charge in [0.1, 0.15) is 5.75 Å². The van der Waals surface area contributed by atoms with E-state index in [-0.39, 0.29) is 0 Å². The minimum atomic E-state index is 0.503. The Morgan fingerprint density at radius 3 is 2.69 bits per heavy atom. The lowest BCUT2D eigenvalue weighted by Gasteiger charge is -2.04. The van der Waals surface area contributed by atoms with Crippen LogP contribution in [0.1, 0.15) is 12.5 Å². The predicted octanol–water partition coefficient (Wildman–Crippen LogP) is 2.55. The predicted molar refractivity (Wildman–Crippen MR) is 52.0 cm³/mol. The quantitative estimate of drug-likeness (QED) is 0.452. The molecule has 0 unspecified atom stereocenters. The highest BCUT2D eigenvalue weighted by Crippen LogP contribution is 2.24. The standard InChI is InChI=1S/C9H10ClNO2/c1-6(11-12)7-3-4-9(13-2)8(10)5-7/h3-5,12H,1-2H3/b11-6+. The van der Waals surface area contributed by atoms with Crippen LogP contribution in [0.15, 0.2) is 23.4 Å². The lowest BCUT2D eigenvalue weighted by molar-refractivity contribution is 0.319. The normalized spacial score (nSPS) is 11.5. The Bertz CT molecular complexity index is 336. The van der Waals surface area contributed by atoms with Crippen LogP contribution in [0.4, 0.5) is 0 Å². The molecule has 0 aliphatic heterocycles. The van der Waals surface area contributed by atoms with Crippen molar-refractivity contribution in [2.45, 2.75) is 6.92 Å². The first-order valence-electron chi connectivity index (χ1n) is 3.71. The molecule has 13 heavy (non-hydrogen) atoms. The molecule has 0 radical (unpaired) electrons. The Balaban J connectivity index is 3.10. The monoisotopic (exact) mass is 199 g/mol. The van der Waals surface area contributed by atoms with Crippen molar-refractivity contribution in [1.29, 1.82) is 0 Å². The molecule has 0 saturated heterocycles. The average Bonchev–Trinajstić information content (AvgIpc) is 2.16. The van der Waals surface area contributed by atoms with E-state index in [1.165, 1.54) is 0 Å². The zero-order valence-corrected chi connectivity index (χ0v) is 8.17. The lowest BCUT2D eigenvalue weighted by Crippen LogP contribution is -1.94. The van der Waals surface area contributed by atoms with Crippen LogP contribution in [0.5, 0.6) is 5.75 Å². The molecule has 0 aliphatic carbocycles. The summed E-state index contributed by atoms with van der Waals surface area (Å²) in [6.45, 7) is 1.69. The maximum Gasteiger partial charge on any atom is 0.137 e. The molecule has 0 amide bonds. The smallest absolute Gasteiger partial charge is 0.137 e. The van der Waals surface area contributed by atoms with E-state index < -0.39 is 0 Å². The topological polar surface area (TPSA) is 41.8 Å². The number of halogens is 1. The molecule has 0 heterocycles. The van der Waals surface area contributed by atoms with Crippen LogP contribution in [0, 0.1) is 0 Å². The summed E-state index contributed by atoms with van der Waals surface area (Å²) in [6.07, 6.45) is 0. The van der Waals surface area contributed by atoms with Crippen molar-refractivity contribution < 1.29 is 9.94 Å². The van der Waals surface area contributed by atoms with Crippen LogP contribution >= 0.6 is 11.6 Å². The van der Waals surface area contributed by atoms with E-state index in [0.29, 0.717) is 16.5 Å². The molecule has 0 fully saturated rings. The van der Waals surface area contributed by atoms with Gasteiger partial charge in [-0.3, -0.25) is 0 Å². The summed E-state index contributed by atoms with van der Waals surface area (Å²) in [5, 5.41) is 12.1. The van der Waals surface area contributed by atoms with Crippen LogP contribution < -0.4 is 4.74 Å². The molecule has 1 aromatic carbocycles. The van der Waals surface area contributed by atoms with Gasteiger partial charge >= 0.3 is 0 Å². The largest absolute Gasteiger partial charge is 0.495 e. The second-order valence-corrected chi connectivity index (χ2v) is 2.94. The molecular formula is C9H10ClNO2. The minimum absolute atomic E-state index is 0.503. The molecule has 0 bridgehead atoms. The molecular weight excluding hydrogens is 190 g/mol. The third-order valence-corrected chi connectivity index (χ3v) is 2.01. The summed E-state index contributed by atoms with van der Waals surface area (Å²) in [4.78, 5) is 0. The van der Waals surface area contributed by atoms with E-state index in [9.17, 15) is 0 Å². The van der Waals surface area contributed by atoms with Crippen molar-refractivity contribution in [2.24, 2.45) is 5.16 Å². The van der Waals surface area contributed by atoms with Gasteiger partial charge in [0.15, 0.2) is 0 Å². The minimum Gasteiger partial charge on any atom is -0.495 e. The number of benzene rings is 1. The van der Waals surface area contributed by atoms with Gasteiger partial charge in [0.25, 0.3) is 0 Å². The van der Waals surface area contributed by atoms with E-state index in [0.717, 1.165) is 5.56 Å². The summed E-state index contributed by atoms with van der Waals surface area (Å²) >= 11 is 5.87. The van der Waals surface area contributed by atoms with Gasteiger partial charge in [-0.05, 0) is 25.1 Å².